The maximum absolute atomic E-state index is 13.4. The zero-order valence-corrected chi connectivity index (χ0v) is 17.8. The van der Waals surface area contributed by atoms with Crippen molar-refractivity contribution in [3.05, 3.63) is 88.9 Å². The fourth-order valence-corrected chi connectivity index (χ4v) is 3.08. The minimum atomic E-state index is -1.25. The van der Waals surface area contributed by atoms with Gasteiger partial charge >= 0.3 is 5.97 Å². The van der Waals surface area contributed by atoms with Crippen LogP contribution in [0.1, 0.15) is 51.5 Å². The summed E-state index contributed by atoms with van der Waals surface area (Å²) in [5.41, 5.74) is 0.602. The number of carboxylic acids is 1. The maximum Gasteiger partial charge on any atom is 0.326 e. The maximum atomic E-state index is 13.4. The molecule has 0 spiro atoms. The van der Waals surface area contributed by atoms with E-state index in [9.17, 15) is 28.3 Å². The summed E-state index contributed by atoms with van der Waals surface area (Å²) in [6.45, 7) is 1.56. The van der Waals surface area contributed by atoms with Crippen LogP contribution in [0.15, 0.2) is 54.7 Å². The van der Waals surface area contributed by atoms with Crippen molar-refractivity contribution < 1.29 is 33.4 Å². The normalized spacial score (nSPS) is 11.6. The average Bonchev–Trinajstić information content (AvgIpc) is 2.81. The van der Waals surface area contributed by atoms with E-state index in [1.165, 1.54) is 48.5 Å². The van der Waals surface area contributed by atoms with Crippen LogP contribution in [0, 0.1) is 11.6 Å². The summed E-state index contributed by atoms with van der Waals surface area (Å²) in [4.78, 5) is 43.5. The Hall–Kier alpha value is -4.41. The number of aromatic nitrogens is 2. The van der Waals surface area contributed by atoms with Crippen molar-refractivity contribution in [2.24, 2.45) is 0 Å². The number of carboxylic acid groups (broad SMARTS) is 1. The third kappa shape index (κ3) is 5.68. The van der Waals surface area contributed by atoms with Crippen LogP contribution in [0.25, 0.3) is 0 Å². The minimum absolute atomic E-state index is 0.113. The zero-order chi connectivity index (χ0) is 24.8. The van der Waals surface area contributed by atoms with Gasteiger partial charge in [-0.15, -0.1) is 0 Å². The van der Waals surface area contributed by atoms with Gasteiger partial charge in [-0.25, -0.2) is 18.6 Å². The molecule has 11 heteroatoms. The number of carbonyl (C=O) groups is 3. The van der Waals surface area contributed by atoms with Crippen LogP contribution < -0.4 is 10.6 Å². The van der Waals surface area contributed by atoms with E-state index < -0.39 is 53.2 Å². The molecule has 0 aliphatic heterocycles. The Balaban J connectivity index is 1.85. The number of carbonyl (C=O) groups excluding carboxylic acids is 2. The van der Waals surface area contributed by atoms with Gasteiger partial charge in [0.05, 0.1) is 6.04 Å². The highest BCUT2D eigenvalue weighted by Crippen LogP contribution is 2.24. The molecule has 0 fully saturated rings. The number of hydrogen-bond acceptors (Lipinski definition) is 6. The van der Waals surface area contributed by atoms with Crippen LogP contribution in [-0.4, -0.2) is 44.0 Å². The Morgan fingerprint density at radius 2 is 1.44 bits per heavy atom. The molecule has 1 heterocycles. The Bertz CT molecular complexity index is 1160. The zero-order valence-electron chi connectivity index (χ0n) is 17.8. The summed E-state index contributed by atoms with van der Waals surface area (Å²) in [5, 5.41) is 24.1. The number of benzene rings is 2. The fraction of sp³-hybridized carbons (Fsp3) is 0.174. The Labute approximate surface area is 192 Å². The molecular weight excluding hydrogens is 450 g/mol. The molecule has 0 saturated carbocycles. The van der Waals surface area contributed by atoms with Gasteiger partial charge in [-0.3, -0.25) is 9.59 Å². The standard InChI is InChI=1S/C23H20F2N4O5/c1-2-17(23(33)34)27-22(32)19-26-11-16(21(31)29-19)20(30)28-18(12-3-7-14(24)8-4-12)13-5-9-15(25)10-6-13/h3-11,17-18H,2H2,1H3,(H,27,32)(H,28,30)(H,33,34)(H,26,29,31). The Kier molecular flexibility index (Phi) is 7.46. The molecule has 0 aliphatic carbocycles. The summed E-state index contributed by atoms with van der Waals surface area (Å²) < 4.78 is 26.8. The third-order valence-electron chi connectivity index (χ3n) is 4.91. The molecule has 0 bridgehead atoms. The van der Waals surface area contributed by atoms with E-state index in [-0.39, 0.29) is 12.0 Å². The number of hydrogen-bond donors (Lipinski definition) is 4. The van der Waals surface area contributed by atoms with Crippen LogP contribution >= 0.6 is 0 Å². The molecule has 3 aromatic rings. The smallest absolute Gasteiger partial charge is 0.326 e. The second-order valence-corrected chi connectivity index (χ2v) is 7.21. The van der Waals surface area contributed by atoms with Crippen LogP contribution in [0.4, 0.5) is 8.78 Å². The number of aromatic hydroxyl groups is 1. The van der Waals surface area contributed by atoms with Gasteiger partial charge in [-0.05, 0) is 41.8 Å². The fourth-order valence-electron chi connectivity index (χ4n) is 3.08. The molecule has 4 N–H and O–H groups in total. The molecule has 176 valence electrons. The monoisotopic (exact) mass is 470 g/mol. The van der Waals surface area contributed by atoms with Crippen LogP contribution in [0.2, 0.25) is 0 Å². The molecule has 3 rings (SSSR count). The van der Waals surface area contributed by atoms with E-state index in [4.69, 9.17) is 5.11 Å². The van der Waals surface area contributed by atoms with E-state index in [0.717, 1.165) is 6.20 Å². The summed E-state index contributed by atoms with van der Waals surface area (Å²) in [5.74, 6) is -5.31. The summed E-state index contributed by atoms with van der Waals surface area (Å²) >= 11 is 0. The second kappa shape index (κ2) is 10.5. The molecule has 2 aromatic carbocycles. The topological polar surface area (TPSA) is 142 Å². The van der Waals surface area contributed by atoms with Crippen molar-refractivity contribution >= 4 is 17.8 Å². The van der Waals surface area contributed by atoms with Crippen molar-refractivity contribution in [1.29, 1.82) is 0 Å². The number of amides is 2. The molecule has 2 amide bonds. The number of rotatable bonds is 8. The number of aliphatic carboxylic acids is 1. The van der Waals surface area contributed by atoms with E-state index in [1.807, 2.05) is 0 Å². The van der Waals surface area contributed by atoms with Gasteiger partial charge in [0.2, 0.25) is 11.7 Å². The lowest BCUT2D eigenvalue weighted by molar-refractivity contribution is -0.139. The highest BCUT2D eigenvalue weighted by atomic mass is 19.1. The first-order chi connectivity index (χ1) is 16.2. The first-order valence-electron chi connectivity index (χ1n) is 10.1. The molecule has 9 nitrogen and oxygen atoms in total. The summed E-state index contributed by atoms with van der Waals surface area (Å²) in [6.07, 6.45) is 1.03. The van der Waals surface area contributed by atoms with Crippen LogP contribution in [-0.2, 0) is 4.79 Å². The summed E-state index contributed by atoms with van der Waals surface area (Å²) in [6, 6.07) is 8.57. The number of nitrogens with zero attached hydrogens (tertiary/aromatic N) is 2. The van der Waals surface area contributed by atoms with Crippen molar-refractivity contribution in [3.8, 4) is 5.88 Å². The molecule has 1 aromatic heterocycles. The molecule has 1 atom stereocenters. The largest absolute Gasteiger partial charge is 0.493 e. The summed E-state index contributed by atoms with van der Waals surface area (Å²) in [7, 11) is 0. The van der Waals surface area contributed by atoms with Crippen molar-refractivity contribution in [2.45, 2.75) is 25.4 Å². The van der Waals surface area contributed by atoms with Crippen molar-refractivity contribution in [1.82, 2.24) is 20.6 Å². The first-order valence-corrected chi connectivity index (χ1v) is 10.1. The van der Waals surface area contributed by atoms with Crippen molar-refractivity contribution in [2.75, 3.05) is 0 Å². The lowest BCUT2D eigenvalue weighted by Gasteiger charge is -2.20. The molecule has 34 heavy (non-hydrogen) atoms. The van der Waals surface area contributed by atoms with Gasteiger partial charge in [-0.2, -0.15) is 4.98 Å². The van der Waals surface area contributed by atoms with Gasteiger partial charge in [0.25, 0.3) is 11.8 Å². The average molecular weight is 470 g/mol. The van der Waals surface area contributed by atoms with Gasteiger partial charge in [0.15, 0.2) is 0 Å². The number of nitrogens with one attached hydrogen (secondary N) is 2. The lowest BCUT2D eigenvalue weighted by atomic mass is 9.98. The molecule has 0 radical (unpaired) electrons. The molecule has 0 aliphatic rings. The van der Waals surface area contributed by atoms with E-state index in [2.05, 4.69) is 20.6 Å². The minimum Gasteiger partial charge on any atom is -0.493 e. The highest BCUT2D eigenvalue weighted by Gasteiger charge is 2.24. The third-order valence-corrected chi connectivity index (χ3v) is 4.91. The second-order valence-electron chi connectivity index (χ2n) is 7.21. The van der Waals surface area contributed by atoms with Crippen LogP contribution in [0.5, 0.6) is 5.88 Å². The van der Waals surface area contributed by atoms with Gasteiger partial charge in [0.1, 0.15) is 23.2 Å². The molecule has 1 unspecified atom stereocenters. The predicted molar refractivity (Wildman–Crippen MR) is 115 cm³/mol. The Morgan fingerprint density at radius 1 is 0.912 bits per heavy atom. The predicted octanol–water partition coefficient (Wildman–Crippen LogP) is 2.57. The molecular formula is C23H20F2N4O5. The van der Waals surface area contributed by atoms with Gasteiger partial charge in [-0.1, -0.05) is 31.2 Å². The SMILES string of the molecule is CCC(NC(=O)c1ncc(C(=O)NC(c2ccc(F)cc2)c2ccc(F)cc2)c(O)n1)C(=O)O. The highest BCUT2D eigenvalue weighted by molar-refractivity contribution is 5.98. The van der Waals surface area contributed by atoms with Gasteiger partial charge < -0.3 is 20.8 Å². The number of halogens is 2. The van der Waals surface area contributed by atoms with E-state index in [1.54, 1.807) is 6.92 Å². The van der Waals surface area contributed by atoms with E-state index in [0.29, 0.717) is 11.1 Å². The van der Waals surface area contributed by atoms with Crippen molar-refractivity contribution in [3.63, 3.8) is 0 Å². The first kappa shape index (κ1) is 24.2. The Morgan fingerprint density at radius 3 is 1.88 bits per heavy atom. The quantitative estimate of drug-likeness (QED) is 0.396. The van der Waals surface area contributed by atoms with Gasteiger partial charge in [0, 0.05) is 6.20 Å². The van der Waals surface area contributed by atoms with E-state index >= 15 is 0 Å². The lowest BCUT2D eigenvalue weighted by Crippen LogP contribution is -2.41. The van der Waals surface area contributed by atoms with Crippen LogP contribution in [0.3, 0.4) is 0 Å². The molecule has 0 saturated heterocycles.